The van der Waals surface area contributed by atoms with Crippen molar-refractivity contribution >= 4 is 21.6 Å². The van der Waals surface area contributed by atoms with Crippen LogP contribution >= 0.6 is 15.9 Å². The van der Waals surface area contributed by atoms with E-state index >= 15 is 0 Å². The van der Waals surface area contributed by atoms with Gasteiger partial charge in [-0.15, -0.1) is 0 Å². The van der Waals surface area contributed by atoms with Gasteiger partial charge in [-0.3, -0.25) is 10.1 Å². The normalized spacial score (nSPS) is 10.7. The molecule has 0 aliphatic carbocycles. The number of halogens is 1. The number of nitro groups is 1. The molecular weight excluding hydrogens is 306 g/mol. The molecule has 18 heavy (non-hydrogen) atoms. The maximum atomic E-state index is 11.0. The topological polar surface area (TPSA) is 70.8 Å². The van der Waals surface area contributed by atoms with E-state index < -0.39 is 11.2 Å². The second kappa shape index (κ2) is 6.67. The average molecular weight is 320 g/mol. The number of benzene rings is 1. The van der Waals surface area contributed by atoms with Crippen LogP contribution in [-0.4, -0.2) is 32.0 Å². The highest BCUT2D eigenvalue weighted by atomic mass is 79.9. The largest absolute Gasteiger partial charge is 0.481 e. The summed E-state index contributed by atoms with van der Waals surface area (Å²) < 4.78 is 16.0. The van der Waals surface area contributed by atoms with Crippen LogP contribution in [-0.2, 0) is 9.47 Å². The van der Waals surface area contributed by atoms with E-state index in [-0.39, 0.29) is 18.0 Å². The number of hydrogen-bond donors (Lipinski definition) is 0. The lowest BCUT2D eigenvalue weighted by Gasteiger charge is -2.15. The third-order valence-electron chi connectivity index (χ3n) is 2.31. The van der Waals surface area contributed by atoms with Crippen molar-refractivity contribution in [2.24, 2.45) is 0 Å². The summed E-state index contributed by atoms with van der Waals surface area (Å²) in [7, 11) is 2.95. The Labute approximate surface area is 113 Å². The Balaban J connectivity index is 2.96. The number of methoxy groups -OCH3 is 2. The van der Waals surface area contributed by atoms with E-state index in [0.29, 0.717) is 10.0 Å². The summed E-state index contributed by atoms with van der Waals surface area (Å²) in [6.07, 6.45) is -0.562. The molecule has 0 saturated carbocycles. The maximum absolute atomic E-state index is 11.0. The lowest BCUT2D eigenvalue weighted by atomic mass is 10.2. The van der Waals surface area contributed by atoms with Gasteiger partial charge in [-0.05, 0) is 18.6 Å². The maximum Gasteiger partial charge on any atom is 0.312 e. The van der Waals surface area contributed by atoms with Crippen LogP contribution in [0.25, 0.3) is 0 Å². The molecule has 0 bridgehead atoms. The van der Waals surface area contributed by atoms with Gasteiger partial charge in [0.15, 0.2) is 12.0 Å². The number of ether oxygens (including phenoxy) is 3. The minimum Gasteiger partial charge on any atom is -0.481 e. The molecule has 1 rings (SSSR count). The fraction of sp³-hybridized carbons (Fsp3) is 0.455. The Morgan fingerprint density at radius 1 is 1.39 bits per heavy atom. The lowest BCUT2D eigenvalue weighted by molar-refractivity contribution is -0.386. The zero-order valence-corrected chi connectivity index (χ0v) is 11.9. The van der Waals surface area contributed by atoms with Crippen molar-refractivity contribution in [1.82, 2.24) is 0 Å². The summed E-state index contributed by atoms with van der Waals surface area (Å²) in [5.41, 5.74) is 0.579. The van der Waals surface area contributed by atoms with Crippen molar-refractivity contribution in [3.8, 4) is 5.75 Å². The molecule has 1 aromatic carbocycles. The summed E-state index contributed by atoms with van der Waals surface area (Å²) in [4.78, 5) is 10.5. The number of aryl methyl sites for hydroxylation is 1. The minimum atomic E-state index is -0.562. The van der Waals surface area contributed by atoms with Gasteiger partial charge >= 0.3 is 5.69 Å². The molecule has 1 aromatic rings. The molecule has 0 aromatic heterocycles. The van der Waals surface area contributed by atoms with Gasteiger partial charge < -0.3 is 14.2 Å². The Morgan fingerprint density at radius 3 is 2.50 bits per heavy atom. The summed E-state index contributed by atoms with van der Waals surface area (Å²) in [5.74, 6) is 0.224. The van der Waals surface area contributed by atoms with Crippen LogP contribution in [0.1, 0.15) is 5.56 Å². The van der Waals surface area contributed by atoms with Crippen molar-refractivity contribution < 1.29 is 19.1 Å². The molecule has 0 aliphatic heterocycles. The molecule has 0 unspecified atom stereocenters. The first-order valence-corrected chi connectivity index (χ1v) is 5.91. The van der Waals surface area contributed by atoms with Crippen molar-refractivity contribution in [2.45, 2.75) is 13.2 Å². The second-order valence-corrected chi connectivity index (χ2v) is 4.46. The first-order valence-electron chi connectivity index (χ1n) is 5.12. The van der Waals surface area contributed by atoms with Crippen LogP contribution in [0.15, 0.2) is 16.6 Å². The van der Waals surface area contributed by atoms with Gasteiger partial charge in [0.05, 0.1) is 4.92 Å². The first kappa shape index (κ1) is 14.9. The first-order chi connectivity index (χ1) is 8.49. The van der Waals surface area contributed by atoms with Gasteiger partial charge in [-0.1, -0.05) is 15.9 Å². The highest BCUT2D eigenvalue weighted by molar-refractivity contribution is 9.10. The Hall–Kier alpha value is -1.18. The van der Waals surface area contributed by atoms with Gasteiger partial charge in [0, 0.05) is 24.8 Å². The smallest absolute Gasteiger partial charge is 0.312 e. The van der Waals surface area contributed by atoms with E-state index in [4.69, 9.17) is 14.2 Å². The molecule has 7 heteroatoms. The fourth-order valence-electron chi connectivity index (χ4n) is 1.42. The van der Waals surface area contributed by atoms with Crippen molar-refractivity contribution in [1.29, 1.82) is 0 Å². The van der Waals surface area contributed by atoms with Crippen molar-refractivity contribution in [3.63, 3.8) is 0 Å². The van der Waals surface area contributed by atoms with E-state index in [1.54, 1.807) is 13.0 Å². The highest BCUT2D eigenvalue weighted by Crippen LogP contribution is 2.34. The minimum absolute atomic E-state index is 0.0797. The molecule has 0 fully saturated rings. The van der Waals surface area contributed by atoms with Crippen molar-refractivity contribution in [2.75, 3.05) is 20.8 Å². The van der Waals surface area contributed by atoms with E-state index in [2.05, 4.69) is 15.9 Å². The van der Waals surface area contributed by atoms with Crippen LogP contribution in [0.3, 0.4) is 0 Å². The van der Waals surface area contributed by atoms with E-state index in [1.165, 1.54) is 20.3 Å². The predicted molar refractivity (Wildman–Crippen MR) is 68.8 cm³/mol. The summed E-state index contributed by atoms with van der Waals surface area (Å²) in [6.45, 7) is 1.82. The number of rotatable bonds is 6. The Morgan fingerprint density at radius 2 is 2.00 bits per heavy atom. The average Bonchev–Trinajstić information content (AvgIpc) is 2.31. The molecule has 0 aliphatic rings. The number of nitrogens with zero attached hydrogens (tertiary/aromatic N) is 1. The molecule has 100 valence electrons. The number of hydrogen-bond acceptors (Lipinski definition) is 5. The quantitative estimate of drug-likeness (QED) is 0.458. The summed E-state index contributed by atoms with van der Waals surface area (Å²) in [6, 6.07) is 3.15. The molecule has 6 nitrogen and oxygen atoms in total. The molecule has 0 saturated heterocycles. The van der Waals surface area contributed by atoms with E-state index in [0.717, 1.165) is 0 Å². The van der Waals surface area contributed by atoms with E-state index in [9.17, 15) is 10.1 Å². The highest BCUT2D eigenvalue weighted by Gasteiger charge is 2.20. The summed E-state index contributed by atoms with van der Waals surface area (Å²) in [5, 5.41) is 11.0. The van der Waals surface area contributed by atoms with Gasteiger partial charge in [0.25, 0.3) is 0 Å². The Bertz CT molecular complexity index is 434. The summed E-state index contributed by atoms with van der Waals surface area (Å²) >= 11 is 3.21. The molecule has 0 atom stereocenters. The van der Waals surface area contributed by atoms with Crippen LogP contribution < -0.4 is 4.74 Å². The Kier molecular flexibility index (Phi) is 5.52. The van der Waals surface area contributed by atoms with Gasteiger partial charge in [-0.2, -0.15) is 0 Å². The number of nitro benzene ring substituents is 1. The van der Waals surface area contributed by atoms with Gasteiger partial charge in [0.1, 0.15) is 6.61 Å². The monoisotopic (exact) mass is 319 g/mol. The van der Waals surface area contributed by atoms with E-state index in [1.807, 2.05) is 0 Å². The van der Waals surface area contributed by atoms with Crippen LogP contribution in [0.2, 0.25) is 0 Å². The standard InChI is InChI=1S/C11H14BrNO5/c1-7-4-8(12)5-9(13(14)15)11(7)18-6-10(16-2)17-3/h4-5,10H,6H2,1-3H3. The third-order valence-corrected chi connectivity index (χ3v) is 2.76. The predicted octanol–water partition coefficient (Wildman–Crippen LogP) is 2.66. The van der Waals surface area contributed by atoms with Gasteiger partial charge in [0.2, 0.25) is 0 Å². The van der Waals surface area contributed by atoms with Crippen LogP contribution in [0.4, 0.5) is 5.69 Å². The molecular formula is C11H14BrNO5. The lowest BCUT2D eigenvalue weighted by Crippen LogP contribution is -2.22. The van der Waals surface area contributed by atoms with Crippen LogP contribution in [0, 0.1) is 17.0 Å². The van der Waals surface area contributed by atoms with Gasteiger partial charge in [-0.25, -0.2) is 0 Å². The third kappa shape index (κ3) is 3.66. The molecule has 0 N–H and O–H groups in total. The van der Waals surface area contributed by atoms with Crippen molar-refractivity contribution in [3.05, 3.63) is 32.3 Å². The van der Waals surface area contributed by atoms with Crippen LogP contribution in [0.5, 0.6) is 5.75 Å². The zero-order valence-electron chi connectivity index (χ0n) is 10.3. The molecule has 0 radical (unpaired) electrons. The molecule has 0 heterocycles. The molecule has 0 amide bonds. The second-order valence-electron chi connectivity index (χ2n) is 3.54. The molecule has 0 spiro atoms. The SMILES string of the molecule is COC(COc1c(C)cc(Br)cc1[N+](=O)[O-])OC. The zero-order chi connectivity index (χ0) is 13.7. The fourth-order valence-corrected chi connectivity index (χ4v) is 1.98.